The normalized spacial score (nSPS) is 22.7. The zero-order valence-electron chi connectivity index (χ0n) is 9.75. The predicted octanol–water partition coefficient (Wildman–Crippen LogP) is 1.26. The highest BCUT2D eigenvalue weighted by Gasteiger charge is 2.30. The molecule has 0 saturated carbocycles. The van der Waals surface area contributed by atoms with E-state index in [2.05, 4.69) is 10.1 Å². The molecule has 1 heterocycles. The Hall–Kier alpha value is -1.53. The number of esters is 1. The van der Waals surface area contributed by atoms with Crippen molar-refractivity contribution in [3.05, 3.63) is 35.4 Å². The molecule has 0 aromatic heterocycles. The third kappa shape index (κ3) is 2.65. The number of benzene rings is 1. The van der Waals surface area contributed by atoms with Crippen molar-refractivity contribution in [2.45, 2.75) is 11.4 Å². The first-order valence-corrected chi connectivity index (χ1v) is 6.45. The predicted molar refractivity (Wildman–Crippen MR) is 67.5 cm³/mol. The molecule has 1 aromatic carbocycles. The Bertz CT molecular complexity index is 460. The maximum atomic E-state index is 11.3. The maximum Gasteiger partial charge on any atom is 0.337 e. The first-order chi connectivity index (χ1) is 8.61. The van der Waals surface area contributed by atoms with Gasteiger partial charge in [-0.3, -0.25) is 10.1 Å². The molecule has 2 N–H and O–H groups in total. The third-order valence-electron chi connectivity index (χ3n) is 2.71. The number of carbonyl (C=O) groups is 2. The van der Waals surface area contributed by atoms with Crippen LogP contribution in [0.4, 0.5) is 0 Å². The lowest BCUT2D eigenvalue weighted by atomic mass is 10.1. The molecule has 2 rings (SSSR count). The molecule has 0 amide bonds. The summed E-state index contributed by atoms with van der Waals surface area (Å²) in [7, 11) is 1.34. The van der Waals surface area contributed by atoms with Gasteiger partial charge in [-0.05, 0) is 17.7 Å². The molecule has 0 bridgehead atoms. The molecule has 0 aliphatic carbocycles. The third-order valence-corrected chi connectivity index (χ3v) is 3.98. The first-order valence-electron chi connectivity index (χ1n) is 5.40. The van der Waals surface area contributed by atoms with E-state index in [1.165, 1.54) is 7.11 Å². The van der Waals surface area contributed by atoms with Crippen LogP contribution in [-0.2, 0) is 9.53 Å². The molecule has 1 aromatic rings. The molecule has 1 aliphatic rings. The van der Waals surface area contributed by atoms with Gasteiger partial charge in [-0.1, -0.05) is 12.1 Å². The zero-order chi connectivity index (χ0) is 13.1. The summed E-state index contributed by atoms with van der Waals surface area (Å²) in [4.78, 5) is 22.1. The van der Waals surface area contributed by atoms with Crippen molar-refractivity contribution in [1.29, 1.82) is 0 Å². The highest BCUT2D eigenvalue weighted by molar-refractivity contribution is 7.99. The average molecular weight is 267 g/mol. The van der Waals surface area contributed by atoms with Gasteiger partial charge in [-0.15, -0.1) is 11.8 Å². The minimum absolute atomic E-state index is 0.0437. The summed E-state index contributed by atoms with van der Waals surface area (Å²) in [5.74, 6) is -0.674. The molecule has 1 saturated heterocycles. The smallest absolute Gasteiger partial charge is 0.337 e. The number of aliphatic carboxylic acids is 1. The fourth-order valence-corrected chi connectivity index (χ4v) is 2.95. The molecule has 5 nitrogen and oxygen atoms in total. The lowest BCUT2D eigenvalue weighted by Gasteiger charge is -2.11. The summed E-state index contributed by atoms with van der Waals surface area (Å²) < 4.78 is 4.61. The molecule has 1 unspecified atom stereocenters. The first kappa shape index (κ1) is 12.9. The summed E-state index contributed by atoms with van der Waals surface area (Å²) in [5.41, 5.74) is 1.44. The fraction of sp³-hybridized carbons (Fsp3) is 0.333. The van der Waals surface area contributed by atoms with Gasteiger partial charge in [0.05, 0.1) is 18.0 Å². The Morgan fingerprint density at radius 3 is 2.56 bits per heavy atom. The largest absolute Gasteiger partial charge is 0.480 e. The van der Waals surface area contributed by atoms with Gasteiger partial charge in [0.1, 0.15) is 6.04 Å². The lowest BCUT2D eigenvalue weighted by Crippen LogP contribution is -2.33. The van der Waals surface area contributed by atoms with Gasteiger partial charge in [0.15, 0.2) is 0 Å². The van der Waals surface area contributed by atoms with Crippen molar-refractivity contribution in [1.82, 2.24) is 5.32 Å². The van der Waals surface area contributed by atoms with E-state index in [0.717, 1.165) is 5.56 Å². The number of nitrogens with one attached hydrogen (secondary N) is 1. The molecular formula is C12H13NO4S. The Balaban J connectivity index is 2.07. The molecule has 96 valence electrons. The van der Waals surface area contributed by atoms with Crippen LogP contribution in [0.25, 0.3) is 0 Å². The van der Waals surface area contributed by atoms with E-state index in [1.54, 1.807) is 36.0 Å². The number of ether oxygens (including phenoxy) is 1. The number of hydrogen-bond donors (Lipinski definition) is 2. The molecule has 0 radical (unpaired) electrons. The zero-order valence-corrected chi connectivity index (χ0v) is 10.6. The van der Waals surface area contributed by atoms with Crippen LogP contribution in [0.5, 0.6) is 0 Å². The summed E-state index contributed by atoms with van der Waals surface area (Å²) in [6, 6.07) is 6.46. The topological polar surface area (TPSA) is 75.6 Å². The molecular weight excluding hydrogens is 254 g/mol. The van der Waals surface area contributed by atoms with Crippen LogP contribution in [-0.4, -0.2) is 35.9 Å². The van der Waals surface area contributed by atoms with Crippen LogP contribution < -0.4 is 5.32 Å². The molecule has 1 fully saturated rings. The summed E-state index contributed by atoms with van der Waals surface area (Å²) in [6.45, 7) is 0. The number of rotatable bonds is 3. The Morgan fingerprint density at radius 1 is 1.39 bits per heavy atom. The molecule has 1 aliphatic heterocycles. The van der Waals surface area contributed by atoms with E-state index in [1.807, 2.05) is 0 Å². The van der Waals surface area contributed by atoms with Gasteiger partial charge < -0.3 is 9.84 Å². The van der Waals surface area contributed by atoms with Crippen molar-refractivity contribution < 1.29 is 19.4 Å². The van der Waals surface area contributed by atoms with Crippen molar-refractivity contribution in [3.8, 4) is 0 Å². The number of carboxylic acids is 1. The van der Waals surface area contributed by atoms with Crippen molar-refractivity contribution in [2.24, 2.45) is 0 Å². The van der Waals surface area contributed by atoms with Crippen LogP contribution in [0.3, 0.4) is 0 Å². The standard InChI is InChI=1S/C12H13NO4S/c1-17-12(16)8-4-2-7(3-5-8)10-13-9(6-18-10)11(14)15/h2-5,9-10,13H,6H2,1H3,(H,14,15)/t9-,10?/m1/s1. The Labute approximate surface area is 109 Å². The fourth-order valence-electron chi connectivity index (χ4n) is 1.72. The van der Waals surface area contributed by atoms with Crippen LogP contribution >= 0.6 is 11.8 Å². The number of methoxy groups -OCH3 is 1. The number of thioether (sulfide) groups is 1. The van der Waals surface area contributed by atoms with Crippen molar-refractivity contribution >= 4 is 23.7 Å². The SMILES string of the molecule is COC(=O)c1ccc(C2N[C@@H](C(=O)O)CS2)cc1. The van der Waals surface area contributed by atoms with Crippen LogP contribution in [0.2, 0.25) is 0 Å². The summed E-state index contributed by atoms with van der Waals surface area (Å²) >= 11 is 1.54. The second kappa shape index (κ2) is 5.41. The summed E-state index contributed by atoms with van der Waals surface area (Å²) in [6.07, 6.45) is 0. The molecule has 0 spiro atoms. The van der Waals surface area contributed by atoms with Crippen molar-refractivity contribution in [2.75, 3.05) is 12.9 Å². The van der Waals surface area contributed by atoms with E-state index in [-0.39, 0.29) is 11.3 Å². The Kier molecular flexibility index (Phi) is 3.88. The minimum Gasteiger partial charge on any atom is -0.480 e. The maximum absolute atomic E-state index is 11.3. The number of carbonyl (C=O) groups excluding carboxylic acids is 1. The second-order valence-electron chi connectivity index (χ2n) is 3.88. The van der Waals surface area contributed by atoms with E-state index in [0.29, 0.717) is 11.3 Å². The number of hydrogen-bond acceptors (Lipinski definition) is 5. The van der Waals surface area contributed by atoms with E-state index in [9.17, 15) is 9.59 Å². The van der Waals surface area contributed by atoms with Gasteiger partial charge in [-0.2, -0.15) is 0 Å². The number of carboxylic acid groups (broad SMARTS) is 1. The van der Waals surface area contributed by atoms with Crippen molar-refractivity contribution in [3.63, 3.8) is 0 Å². The van der Waals surface area contributed by atoms with Crippen LogP contribution in [0, 0.1) is 0 Å². The van der Waals surface area contributed by atoms with Gasteiger partial charge in [0.2, 0.25) is 0 Å². The van der Waals surface area contributed by atoms with Gasteiger partial charge in [0, 0.05) is 5.75 Å². The van der Waals surface area contributed by atoms with E-state index in [4.69, 9.17) is 5.11 Å². The molecule has 18 heavy (non-hydrogen) atoms. The quantitative estimate of drug-likeness (QED) is 0.803. The van der Waals surface area contributed by atoms with E-state index < -0.39 is 12.0 Å². The van der Waals surface area contributed by atoms with Gasteiger partial charge in [0.25, 0.3) is 0 Å². The Morgan fingerprint density at radius 2 is 2.06 bits per heavy atom. The highest BCUT2D eigenvalue weighted by atomic mass is 32.2. The highest BCUT2D eigenvalue weighted by Crippen LogP contribution is 2.32. The molecule has 2 atom stereocenters. The lowest BCUT2D eigenvalue weighted by molar-refractivity contribution is -0.138. The van der Waals surface area contributed by atoms with Gasteiger partial charge in [-0.25, -0.2) is 4.79 Å². The molecule has 6 heteroatoms. The second-order valence-corrected chi connectivity index (χ2v) is 5.02. The monoisotopic (exact) mass is 267 g/mol. The van der Waals surface area contributed by atoms with Crippen LogP contribution in [0.15, 0.2) is 24.3 Å². The van der Waals surface area contributed by atoms with Crippen LogP contribution in [0.1, 0.15) is 21.3 Å². The minimum atomic E-state index is -0.837. The van der Waals surface area contributed by atoms with E-state index >= 15 is 0 Å². The average Bonchev–Trinajstić information content (AvgIpc) is 2.88. The summed E-state index contributed by atoms with van der Waals surface area (Å²) in [5, 5.41) is 11.9. The van der Waals surface area contributed by atoms with Gasteiger partial charge >= 0.3 is 11.9 Å².